The van der Waals surface area contributed by atoms with Gasteiger partial charge in [0.15, 0.2) is 0 Å². The van der Waals surface area contributed by atoms with Crippen molar-refractivity contribution in [3.05, 3.63) is 30.6 Å². The predicted molar refractivity (Wildman–Crippen MR) is 72.1 cm³/mol. The molecule has 1 N–H and O–H groups in total. The molecule has 19 heavy (non-hydrogen) atoms. The quantitative estimate of drug-likeness (QED) is 0.860. The van der Waals surface area contributed by atoms with Crippen LogP contribution in [-0.2, 0) is 4.74 Å². The normalized spacial score (nSPS) is 12.8. The van der Waals surface area contributed by atoms with Crippen molar-refractivity contribution in [2.24, 2.45) is 0 Å². The lowest BCUT2D eigenvalue weighted by molar-refractivity contribution is -0.0122. The van der Waals surface area contributed by atoms with Crippen LogP contribution in [-0.4, -0.2) is 40.5 Å². The van der Waals surface area contributed by atoms with Crippen LogP contribution in [0.4, 0.5) is 0 Å². The topological polar surface area (TPSA) is 64.5 Å². The van der Waals surface area contributed by atoms with Gasteiger partial charge in [-0.1, -0.05) is 0 Å². The van der Waals surface area contributed by atoms with Crippen molar-refractivity contribution in [1.82, 2.24) is 9.97 Å². The molecule has 1 aromatic carbocycles. The van der Waals surface area contributed by atoms with E-state index in [-0.39, 0.29) is 19.3 Å². The number of aliphatic hydroxyl groups excluding tert-OH is 1. The Morgan fingerprint density at radius 3 is 2.58 bits per heavy atom. The van der Waals surface area contributed by atoms with Gasteiger partial charge in [-0.25, -0.2) is 0 Å². The van der Waals surface area contributed by atoms with Crippen LogP contribution < -0.4 is 4.74 Å². The molecule has 0 aliphatic heterocycles. The fraction of sp³-hybridized carbons (Fsp3) is 0.429. The first-order chi connectivity index (χ1) is 9.15. The van der Waals surface area contributed by atoms with Crippen LogP contribution in [0, 0.1) is 0 Å². The van der Waals surface area contributed by atoms with Gasteiger partial charge in [-0.15, -0.1) is 0 Å². The summed E-state index contributed by atoms with van der Waals surface area (Å²) < 4.78 is 10.8. The van der Waals surface area contributed by atoms with Crippen LogP contribution in [0.3, 0.4) is 0 Å². The standard InChI is InChI=1S/C14H18N2O3/c1-10(2)18-8-11(17)9-19-12-3-4-13-14(7-12)16-6-5-15-13/h3-7,10-11,17H,8-9H2,1-2H3. The van der Waals surface area contributed by atoms with E-state index in [1.807, 2.05) is 26.0 Å². The highest BCUT2D eigenvalue weighted by Gasteiger charge is 2.07. The van der Waals surface area contributed by atoms with Crippen molar-refractivity contribution in [3.63, 3.8) is 0 Å². The van der Waals surface area contributed by atoms with Gasteiger partial charge in [0.05, 0.1) is 23.7 Å². The molecule has 5 nitrogen and oxygen atoms in total. The Hall–Kier alpha value is -1.72. The summed E-state index contributed by atoms with van der Waals surface area (Å²) in [4.78, 5) is 8.38. The van der Waals surface area contributed by atoms with Crippen LogP contribution >= 0.6 is 0 Å². The molecule has 1 atom stereocenters. The highest BCUT2D eigenvalue weighted by Crippen LogP contribution is 2.17. The second-order valence-corrected chi connectivity index (χ2v) is 4.55. The zero-order chi connectivity index (χ0) is 13.7. The first-order valence-corrected chi connectivity index (χ1v) is 6.28. The Bertz CT molecular complexity index is 531. The minimum Gasteiger partial charge on any atom is -0.491 e. The highest BCUT2D eigenvalue weighted by molar-refractivity contribution is 5.75. The lowest BCUT2D eigenvalue weighted by Gasteiger charge is -2.14. The van der Waals surface area contributed by atoms with Gasteiger partial charge in [0.2, 0.25) is 0 Å². The summed E-state index contributed by atoms with van der Waals surface area (Å²) in [5.41, 5.74) is 1.59. The van der Waals surface area contributed by atoms with Gasteiger partial charge in [-0.2, -0.15) is 0 Å². The lowest BCUT2D eigenvalue weighted by Crippen LogP contribution is -2.25. The number of fused-ring (bicyclic) bond motifs is 1. The van der Waals surface area contributed by atoms with Gasteiger partial charge in [0.1, 0.15) is 18.5 Å². The largest absolute Gasteiger partial charge is 0.491 e. The molecule has 5 heteroatoms. The third-order valence-electron chi connectivity index (χ3n) is 2.51. The average molecular weight is 262 g/mol. The monoisotopic (exact) mass is 262 g/mol. The van der Waals surface area contributed by atoms with Crippen molar-refractivity contribution in [3.8, 4) is 5.75 Å². The number of hydrogen-bond donors (Lipinski definition) is 1. The van der Waals surface area contributed by atoms with E-state index < -0.39 is 6.10 Å². The Kier molecular flexibility index (Phi) is 4.65. The van der Waals surface area contributed by atoms with Crippen LogP contribution in [0.25, 0.3) is 11.0 Å². The molecule has 2 rings (SSSR count). The van der Waals surface area contributed by atoms with Crippen LogP contribution in [0.1, 0.15) is 13.8 Å². The van der Waals surface area contributed by atoms with Gasteiger partial charge >= 0.3 is 0 Å². The molecule has 0 amide bonds. The van der Waals surface area contributed by atoms with Crippen molar-refractivity contribution in [2.75, 3.05) is 13.2 Å². The third kappa shape index (κ3) is 4.15. The summed E-state index contributed by atoms with van der Waals surface area (Å²) >= 11 is 0. The smallest absolute Gasteiger partial charge is 0.121 e. The number of nitrogens with zero attached hydrogens (tertiary/aromatic N) is 2. The fourth-order valence-corrected chi connectivity index (χ4v) is 1.58. The molecule has 0 aliphatic rings. The summed E-state index contributed by atoms with van der Waals surface area (Å²) in [5.74, 6) is 0.664. The average Bonchev–Trinajstić information content (AvgIpc) is 2.42. The molecule has 0 fully saturated rings. The molecule has 0 saturated heterocycles. The van der Waals surface area contributed by atoms with Gasteiger partial charge in [0.25, 0.3) is 0 Å². The van der Waals surface area contributed by atoms with Crippen LogP contribution in [0.2, 0.25) is 0 Å². The van der Waals surface area contributed by atoms with Crippen molar-refractivity contribution < 1.29 is 14.6 Å². The lowest BCUT2D eigenvalue weighted by atomic mass is 10.3. The summed E-state index contributed by atoms with van der Waals surface area (Å²) in [6.07, 6.45) is 2.75. The van der Waals surface area contributed by atoms with E-state index in [1.165, 1.54) is 0 Å². The van der Waals surface area contributed by atoms with Gasteiger partial charge in [0, 0.05) is 18.5 Å². The summed E-state index contributed by atoms with van der Waals surface area (Å²) in [5, 5.41) is 9.69. The van der Waals surface area contributed by atoms with E-state index in [0.717, 1.165) is 11.0 Å². The van der Waals surface area contributed by atoms with Crippen LogP contribution in [0.15, 0.2) is 30.6 Å². The SMILES string of the molecule is CC(C)OCC(O)COc1ccc2nccnc2c1. The molecule has 0 spiro atoms. The Morgan fingerprint density at radius 1 is 1.11 bits per heavy atom. The maximum absolute atomic E-state index is 9.69. The zero-order valence-electron chi connectivity index (χ0n) is 11.1. The van der Waals surface area contributed by atoms with Gasteiger partial charge in [-0.05, 0) is 26.0 Å². The second kappa shape index (κ2) is 6.45. The Morgan fingerprint density at radius 2 is 1.84 bits per heavy atom. The molecule has 102 valence electrons. The van der Waals surface area contributed by atoms with E-state index in [9.17, 15) is 5.11 Å². The predicted octanol–water partition coefficient (Wildman–Crippen LogP) is 1.79. The Balaban J connectivity index is 1.90. The van der Waals surface area contributed by atoms with Crippen molar-refractivity contribution in [2.45, 2.75) is 26.1 Å². The number of aromatic nitrogens is 2. The molecule has 0 aliphatic carbocycles. The molecule has 1 aromatic heterocycles. The first kappa shape index (κ1) is 13.7. The van der Waals surface area contributed by atoms with Crippen LogP contribution in [0.5, 0.6) is 5.75 Å². The maximum atomic E-state index is 9.69. The highest BCUT2D eigenvalue weighted by atomic mass is 16.5. The first-order valence-electron chi connectivity index (χ1n) is 6.28. The molecular formula is C14H18N2O3. The molecule has 1 heterocycles. The van der Waals surface area contributed by atoms with E-state index in [0.29, 0.717) is 5.75 Å². The zero-order valence-corrected chi connectivity index (χ0v) is 11.1. The van der Waals surface area contributed by atoms with E-state index in [1.54, 1.807) is 18.5 Å². The second-order valence-electron chi connectivity index (χ2n) is 4.55. The van der Waals surface area contributed by atoms with E-state index >= 15 is 0 Å². The Labute approximate surface area is 112 Å². The summed E-state index contributed by atoms with van der Waals surface area (Å²) in [7, 11) is 0. The number of rotatable bonds is 6. The molecule has 0 radical (unpaired) electrons. The van der Waals surface area contributed by atoms with Crippen molar-refractivity contribution in [1.29, 1.82) is 0 Å². The summed E-state index contributed by atoms with van der Waals surface area (Å²) in [6, 6.07) is 5.46. The molecule has 1 unspecified atom stereocenters. The molecule has 0 saturated carbocycles. The minimum atomic E-state index is -0.639. The third-order valence-corrected chi connectivity index (χ3v) is 2.51. The van der Waals surface area contributed by atoms with Gasteiger partial charge in [-0.3, -0.25) is 9.97 Å². The number of benzene rings is 1. The number of hydrogen-bond acceptors (Lipinski definition) is 5. The molecule has 0 bridgehead atoms. The summed E-state index contributed by atoms with van der Waals surface area (Å²) in [6.45, 7) is 4.31. The van der Waals surface area contributed by atoms with Gasteiger partial charge < -0.3 is 14.6 Å². The molecular weight excluding hydrogens is 244 g/mol. The van der Waals surface area contributed by atoms with E-state index in [4.69, 9.17) is 9.47 Å². The van der Waals surface area contributed by atoms with E-state index in [2.05, 4.69) is 9.97 Å². The minimum absolute atomic E-state index is 0.102. The number of aliphatic hydroxyl groups is 1. The van der Waals surface area contributed by atoms with Crippen molar-refractivity contribution >= 4 is 11.0 Å². The maximum Gasteiger partial charge on any atom is 0.121 e. The fourth-order valence-electron chi connectivity index (χ4n) is 1.58. The molecule has 2 aromatic rings. The number of ether oxygens (including phenoxy) is 2.